The predicted molar refractivity (Wildman–Crippen MR) is 218 cm³/mol. The zero-order valence-electron chi connectivity index (χ0n) is 32.8. The Balaban J connectivity index is 3.03. The van der Waals surface area contributed by atoms with Crippen LogP contribution in [0.1, 0.15) is 277 Å². The summed E-state index contributed by atoms with van der Waals surface area (Å²) in [5.41, 5.74) is 0. The lowest BCUT2D eigenvalue weighted by atomic mass is 10.0. The highest BCUT2D eigenvalue weighted by molar-refractivity contribution is 7.99. The van der Waals surface area contributed by atoms with Crippen molar-refractivity contribution in [1.82, 2.24) is 0 Å². The van der Waals surface area contributed by atoms with Gasteiger partial charge in [0.15, 0.2) is 0 Å². The van der Waals surface area contributed by atoms with Crippen molar-refractivity contribution in [3.05, 3.63) is 0 Å². The molecule has 0 aromatic carbocycles. The maximum Gasteiger partial charge on any atom is -0.00675 e. The second kappa shape index (κ2) is 45.3. The fourth-order valence-corrected chi connectivity index (χ4v) is 8.22. The summed E-state index contributed by atoms with van der Waals surface area (Å²) in [5.74, 6) is 2.83. The molecule has 0 heterocycles. The van der Waals surface area contributed by atoms with E-state index < -0.39 is 0 Å². The quantitative estimate of drug-likeness (QED) is 0.0585. The van der Waals surface area contributed by atoms with Gasteiger partial charge in [-0.1, -0.05) is 264 Å². The van der Waals surface area contributed by atoms with Crippen LogP contribution in [-0.4, -0.2) is 11.5 Å². The highest BCUT2D eigenvalue weighted by Gasteiger charge is 1.98. The van der Waals surface area contributed by atoms with Gasteiger partial charge < -0.3 is 0 Å². The summed E-state index contributed by atoms with van der Waals surface area (Å²) in [6.07, 6.45) is 60.7. The maximum atomic E-state index is 2.31. The molecule has 0 saturated carbocycles. The van der Waals surface area contributed by atoms with Crippen LogP contribution in [0.15, 0.2) is 0 Å². The molecule has 0 nitrogen and oxygen atoms in total. The van der Waals surface area contributed by atoms with E-state index in [4.69, 9.17) is 0 Å². The van der Waals surface area contributed by atoms with Crippen molar-refractivity contribution in [2.45, 2.75) is 277 Å². The molecule has 0 spiro atoms. The van der Waals surface area contributed by atoms with Gasteiger partial charge in [0, 0.05) is 0 Å². The van der Waals surface area contributed by atoms with E-state index in [1.165, 1.54) is 275 Å². The summed E-state index contributed by atoms with van der Waals surface area (Å²) >= 11 is 2.23. The van der Waals surface area contributed by atoms with E-state index >= 15 is 0 Å². The fourth-order valence-electron chi connectivity index (χ4n) is 7.20. The number of hydrogen-bond acceptors (Lipinski definition) is 1. The molecule has 0 fully saturated rings. The van der Waals surface area contributed by atoms with Crippen LogP contribution in [0.5, 0.6) is 0 Å². The van der Waals surface area contributed by atoms with Gasteiger partial charge in [-0.15, -0.1) is 0 Å². The van der Waals surface area contributed by atoms with Gasteiger partial charge in [0.25, 0.3) is 0 Å². The molecule has 0 radical (unpaired) electrons. The average Bonchev–Trinajstić information content (AvgIpc) is 3.07. The summed E-state index contributed by atoms with van der Waals surface area (Å²) in [5, 5.41) is 0. The molecule has 1 heteroatoms. The molecule has 0 saturated heterocycles. The number of thioether (sulfide) groups is 1. The molecule has 0 aliphatic heterocycles. The van der Waals surface area contributed by atoms with Gasteiger partial charge in [-0.3, -0.25) is 0 Å². The van der Waals surface area contributed by atoms with Crippen LogP contribution < -0.4 is 0 Å². The van der Waals surface area contributed by atoms with Gasteiger partial charge in [-0.2, -0.15) is 11.8 Å². The Labute approximate surface area is 299 Å². The Hall–Kier alpha value is 0.350. The van der Waals surface area contributed by atoms with Crippen LogP contribution in [0.4, 0.5) is 0 Å². The maximum absolute atomic E-state index is 2.31. The fraction of sp³-hybridized carbons (Fsp3) is 1.00. The molecule has 0 aliphatic rings. The number of unbranched alkanes of at least 4 members (excludes halogenated alkanes) is 39. The Morgan fingerprint density at radius 1 is 0.174 bits per heavy atom. The standard InChI is InChI=1S/C45H92S/c1-3-5-7-9-11-13-15-17-19-20-21-22-23-24-25-26-27-28-29-31-33-35-37-39-41-43-45-46-44-42-40-38-36-34-32-30-18-16-14-12-10-8-6-4-2/h3-45H2,1-2H3. The van der Waals surface area contributed by atoms with Gasteiger partial charge in [0.2, 0.25) is 0 Å². The van der Waals surface area contributed by atoms with Gasteiger partial charge in [-0.05, 0) is 24.3 Å². The zero-order valence-corrected chi connectivity index (χ0v) is 33.6. The van der Waals surface area contributed by atoms with Crippen LogP contribution >= 0.6 is 11.8 Å². The first kappa shape index (κ1) is 46.4. The first-order chi connectivity index (χ1) is 22.9. The van der Waals surface area contributed by atoms with Crippen LogP contribution in [0.2, 0.25) is 0 Å². The largest absolute Gasteiger partial charge is 0.162 e. The molecular weight excluding hydrogens is 573 g/mol. The average molecular weight is 665 g/mol. The minimum atomic E-state index is 1.37. The van der Waals surface area contributed by atoms with Crippen LogP contribution in [0.25, 0.3) is 0 Å². The summed E-state index contributed by atoms with van der Waals surface area (Å²) < 4.78 is 0. The van der Waals surface area contributed by atoms with Crippen molar-refractivity contribution in [2.75, 3.05) is 11.5 Å². The Morgan fingerprint density at radius 2 is 0.304 bits per heavy atom. The van der Waals surface area contributed by atoms with Crippen LogP contribution in [0, 0.1) is 0 Å². The smallest absolute Gasteiger partial charge is 0.00675 e. The summed E-state index contributed by atoms with van der Waals surface area (Å²) in [6, 6.07) is 0. The van der Waals surface area contributed by atoms with E-state index in [0.29, 0.717) is 0 Å². The monoisotopic (exact) mass is 665 g/mol. The highest BCUT2D eigenvalue weighted by Crippen LogP contribution is 2.18. The summed E-state index contributed by atoms with van der Waals surface area (Å²) in [6.45, 7) is 4.62. The molecule has 0 unspecified atom stereocenters. The number of rotatable bonds is 43. The van der Waals surface area contributed by atoms with Crippen LogP contribution in [0.3, 0.4) is 0 Å². The molecule has 46 heavy (non-hydrogen) atoms. The molecule has 0 atom stereocenters. The van der Waals surface area contributed by atoms with E-state index in [0.717, 1.165) is 0 Å². The van der Waals surface area contributed by atoms with Crippen molar-refractivity contribution < 1.29 is 0 Å². The Morgan fingerprint density at radius 3 is 0.457 bits per heavy atom. The summed E-state index contributed by atoms with van der Waals surface area (Å²) in [4.78, 5) is 0. The predicted octanol–water partition coefficient (Wildman–Crippen LogP) is 17.8. The lowest BCUT2D eigenvalue weighted by molar-refractivity contribution is 0.516. The topological polar surface area (TPSA) is 0 Å². The first-order valence-corrected chi connectivity index (χ1v) is 23.6. The van der Waals surface area contributed by atoms with Gasteiger partial charge >= 0.3 is 0 Å². The highest BCUT2D eigenvalue weighted by atomic mass is 32.2. The molecule has 0 aliphatic carbocycles. The molecule has 0 aromatic rings. The summed E-state index contributed by atoms with van der Waals surface area (Å²) in [7, 11) is 0. The molecule has 0 aromatic heterocycles. The van der Waals surface area contributed by atoms with E-state index in [9.17, 15) is 0 Å². The van der Waals surface area contributed by atoms with Gasteiger partial charge in [0.05, 0.1) is 0 Å². The van der Waals surface area contributed by atoms with Gasteiger partial charge in [0.1, 0.15) is 0 Å². The number of hydrogen-bond donors (Lipinski definition) is 0. The van der Waals surface area contributed by atoms with Gasteiger partial charge in [-0.25, -0.2) is 0 Å². The van der Waals surface area contributed by atoms with E-state index in [1.54, 1.807) is 0 Å². The zero-order chi connectivity index (χ0) is 33.1. The second-order valence-electron chi connectivity index (χ2n) is 15.4. The van der Waals surface area contributed by atoms with Crippen molar-refractivity contribution in [1.29, 1.82) is 0 Å². The first-order valence-electron chi connectivity index (χ1n) is 22.5. The molecule has 0 N–H and O–H groups in total. The van der Waals surface area contributed by atoms with E-state index in [2.05, 4.69) is 25.6 Å². The Bertz CT molecular complexity index is 443. The lowest BCUT2D eigenvalue weighted by Crippen LogP contribution is -1.87. The molecule has 278 valence electrons. The van der Waals surface area contributed by atoms with Crippen LogP contribution in [-0.2, 0) is 0 Å². The van der Waals surface area contributed by atoms with Crippen molar-refractivity contribution >= 4 is 11.8 Å². The minimum Gasteiger partial charge on any atom is -0.162 e. The van der Waals surface area contributed by atoms with E-state index in [-0.39, 0.29) is 0 Å². The normalized spacial score (nSPS) is 11.6. The molecule has 0 rings (SSSR count). The van der Waals surface area contributed by atoms with Crippen molar-refractivity contribution in [2.24, 2.45) is 0 Å². The van der Waals surface area contributed by atoms with Crippen molar-refractivity contribution in [3.8, 4) is 0 Å². The SMILES string of the molecule is CCCCCCCCCCCCCCCCCCCCCCCCCCCCSCCCCCCCCCCCCCCCCC. The third-order valence-corrected chi connectivity index (χ3v) is 11.7. The third-order valence-electron chi connectivity index (χ3n) is 10.5. The van der Waals surface area contributed by atoms with E-state index in [1.807, 2.05) is 0 Å². The lowest BCUT2D eigenvalue weighted by Gasteiger charge is -2.05. The molecule has 0 bridgehead atoms. The third kappa shape index (κ3) is 44.4. The minimum absolute atomic E-state index is 1.37. The van der Waals surface area contributed by atoms with Crippen molar-refractivity contribution in [3.63, 3.8) is 0 Å². The molecular formula is C45H92S. The Kier molecular flexibility index (Phi) is 45.7. The second-order valence-corrected chi connectivity index (χ2v) is 16.6. The molecule has 0 amide bonds.